The molecule has 0 aromatic heterocycles. The van der Waals surface area contributed by atoms with Crippen molar-refractivity contribution >= 4 is 17.5 Å². The average molecular weight is 294 g/mol. The van der Waals surface area contributed by atoms with Crippen LogP contribution in [0.25, 0.3) is 0 Å². The zero-order valence-corrected chi connectivity index (χ0v) is 13.4. The van der Waals surface area contributed by atoms with Gasteiger partial charge in [-0.25, -0.2) is 0 Å². The van der Waals surface area contributed by atoms with Crippen LogP contribution in [-0.2, 0) is 19.1 Å². The van der Waals surface area contributed by atoms with Gasteiger partial charge in [0.2, 0.25) is 0 Å². The first-order valence-electron chi connectivity index (χ1n) is 8.10. The van der Waals surface area contributed by atoms with Crippen LogP contribution >= 0.6 is 0 Å². The van der Waals surface area contributed by atoms with E-state index in [2.05, 4.69) is 6.92 Å². The zero-order chi connectivity index (χ0) is 15.7. The normalized spacial score (nSPS) is 29.7. The van der Waals surface area contributed by atoms with E-state index in [0.29, 0.717) is 19.3 Å². The molecule has 0 bridgehead atoms. The first-order chi connectivity index (χ1) is 9.96. The van der Waals surface area contributed by atoms with Crippen LogP contribution in [0.1, 0.15) is 65.2 Å². The van der Waals surface area contributed by atoms with Gasteiger partial charge >= 0.3 is 5.97 Å². The summed E-state index contributed by atoms with van der Waals surface area (Å²) in [5.41, 5.74) is -1.47. The number of methoxy groups -OCH3 is 1. The van der Waals surface area contributed by atoms with Gasteiger partial charge in [-0.15, -0.1) is 0 Å². The Bertz CT molecular complexity index is 434. The van der Waals surface area contributed by atoms with Crippen molar-refractivity contribution in [3.8, 4) is 0 Å². The van der Waals surface area contributed by atoms with E-state index in [1.54, 1.807) is 0 Å². The van der Waals surface area contributed by atoms with Crippen molar-refractivity contribution < 1.29 is 19.1 Å². The molecular weight excluding hydrogens is 268 g/mol. The highest BCUT2D eigenvalue weighted by Gasteiger charge is 2.65. The number of ether oxygens (including phenoxy) is 1. The van der Waals surface area contributed by atoms with E-state index >= 15 is 0 Å². The lowest BCUT2D eigenvalue weighted by molar-refractivity contribution is -0.167. The van der Waals surface area contributed by atoms with Gasteiger partial charge in [-0.3, -0.25) is 14.4 Å². The summed E-state index contributed by atoms with van der Waals surface area (Å²) in [6.45, 7) is 3.89. The molecule has 0 aliphatic heterocycles. The van der Waals surface area contributed by atoms with Crippen LogP contribution in [0.3, 0.4) is 0 Å². The Balaban J connectivity index is 2.56. The van der Waals surface area contributed by atoms with Gasteiger partial charge in [0.15, 0.2) is 0 Å². The van der Waals surface area contributed by atoms with Crippen LogP contribution in [0.15, 0.2) is 0 Å². The molecule has 0 N–H and O–H groups in total. The lowest BCUT2D eigenvalue weighted by atomic mass is 9.48. The summed E-state index contributed by atoms with van der Waals surface area (Å²) in [5.74, 6) is -0.571. The average Bonchev–Trinajstić information content (AvgIpc) is 2.77. The number of ketones is 2. The third-order valence-corrected chi connectivity index (χ3v) is 5.89. The Morgan fingerprint density at radius 1 is 1.19 bits per heavy atom. The van der Waals surface area contributed by atoms with Crippen LogP contribution in [-0.4, -0.2) is 24.6 Å². The van der Waals surface area contributed by atoms with Crippen LogP contribution in [0.5, 0.6) is 0 Å². The number of esters is 1. The van der Waals surface area contributed by atoms with Gasteiger partial charge in [-0.1, -0.05) is 33.1 Å². The number of Topliss-reactive ketones (excluding diaryl/α,β-unsaturated/α-hetero) is 2. The maximum absolute atomic E-state index is 12.7. The van der Waals surface area contributed by atoms with Crippen molar-refractivity contribution in [2.75, 3.05) is 7.11 Å². The Morgan fingerprint density at radius 3 is 2.29 bits per heavy atom. The molecule has 0 aromatic rings. The van der Waals surface area contributed by atoms with Gasteiger partial charge < -0.3 is 4.74 Å². The topological polar surface area (TPSA) is 60.4 Å². The quantitative estimate of drug-likeness (QED) is 0.590. The smallest absolute Gasteiger partial charge is 0.308 e. The van der Waals surface area contributed by atoms with E-state index in [1.165, 1.54) is 7.11 Å². The fourth-order valence-electron chi connectivity index (χ4n) is 4.93. The molecule has 2 saturated carbocycles. The predicted molar refractivity (Wildman–Crippen MR) is 78.7 cm³/mol. The molecule has 2 unspecified atom stereocenters. The van der Waals surface area contributed by atoms with Crippen molar-refractivity contribution in [1.29, 1.82) is 0 Å². The molecular formula is C17H26O4. The van der Waals surface area contributed by atoms with Crippen molar-refractivity contribution in [3.63, 3.8) is 0 Å². The Kier molecular flexibility index (Phi) is 4.54. The van der Waals surface area contributed by atoms with Crippen LogP contribution < -0.4 is 0 Å². The monoisotopic (exact) mass is 294 g/mol. The molecule has 2 aliphatic carbocycles. The fourth-order valence-corrected chi connectivity index (χ4v) is 4.93. The maximum atomic E-state index is 12.7. The third kappa shape index (κ3) is 2.14. The minimum absolute atomic E-state index is 0.0661. The van der Waals surface area contributed by atoms with Gasteiger partial charge in [0, 0.05) is 18.3 Å². The molecule has 2 atom stereocenters. The van der Waals surface area contributed by atoms with Gasteiger partial charge in [0.25, 0.3) is 0 Å². The summed E-state index contributed by atoms with van der Waals surface area (Å²) in [5, 5.41) is 0. The minimum atomic E-state index is -0.922. The molecule has 118 valence electrons. The van der Waals surface area contributed by atoms with Crippen molar-refractivity contribution in [2.45, 2.75) is 65.2 Å². The molecule has 2 fully saturated rings. The SMILES string of the molecule is CCCC1(C(C)C(=O)OC)CCCCC12C(=O)CCC2=O. The number of hydrogen-bond acceptors (Lipinski definition) is 4. The van der Waals surface area contributed by atoms with Crippen molar-refractivity contribution in [2.24, 2.45) is 16.7 Å². The molecule has 4 heteroatoms. The van der Waals surface area contributed by atoms with E-state index < -0.39 is 16.7 Å². The number of carbonyl (C=O) groups excluding carboxylic acids is 3. The summed E-state index contributed by atoms with van der Waals surface area (Å²) in [4.78, 5) is 37.6. The van der Waals surface area contributed by atoms with Crippen LogP contribution in [0, 0.1) is 16.7 Å². The second-order valence-corrected chi connectivity index (χ2v) is 6.61. The van der Waals surface area contributed by atoms with Crippen LogP contribution in [0.2, 0.25) is 0 Å². The van der Waals surface area contributed by atoms with E-state index in [-0.39, 0.29) is 17.5 Å². The summed E-state index contributed by atoms with van der Waals surface area (Å²) >= 11 is 0. The standard InChI is InChI=1S/C17H26O4/c1-4-9-16(12(2)15(20)21-3)10-5-6-11-17(16)13(18)7-8-14(17)19/h12H,4-11H2,1-3H3. The van der Waals surface area contributed by atoms with Gasteiger partial charge in [0.05, 0.1) is 18.4 Å². The molecule has 21 heavy (non-hydrogen) atoms. The molecule has 0 aromatic carbocycles. The summed E-state index contributed by atoms with van der Waals surface area (Å²) in [7, 11) is 1.38. The van der Waals surface area contributed by atoms with E-state index in [1.807, 2.05) is 6.92 Å². The Morgan fingerprint density at radius 2 is 1.76 bits per heavy atom. The fraction of sp³-hybridized carbons (Fsp3) is 0.824. The summed E-state index contributed by atoms with van der Waals surface area (Å²) in [6, 6.07) is 0. The highest BCUT2D eigenvalue weighted by molar-refractivity contribution is 6.14. The molecule has 0 saturated heterocycles. The molecule has 2 rings (SSSR count). The number of carbonyl (C=O) groups is 3. The first-order valence-corrected chi connectivity index (χ1v) is 8.10. The minimum Gasteiger partial charge on any atom is -0.469 e. The summed E-state index contributed by atoms with van der Waals surface area (Å²) < 4.78 is 4.95. The highest BCUT2D eigenvalue weighted by atomic mass is 16.5. The zero-order valence-electron chi connectivity index (χ0n) is 13.4. The van der Waals surface area contributed by atoms with Crippen LogP contribution in [0.4, 0.5) is 0 Å². The predicted octanol–water partition coefficient (Wildman–Crippen LogP) is 3.07. The number of rotatable bonds is 4. The third-order valence-electron chi connectivity index (χ3n) is 5.89. The number of hydrogen-bond donors (Lipinski definition) is 0. The molecule has 0 radical (unpaired) electrons. The second-order valence-electron chi connectivity index (χ2n) is 6.61. The van der Waals surface area contributed by atoms with Gasteiger partial charge in [-0.2, -0.15) is 0 Å². The van der Waals surface area contributed by atoms with Crippen molar-refractivity contribution in [1.82, 2.24) is 0 Å². The van der Waals surface area contributed by atoms with Gasteiger partial charge in [-0.05, 0) is 19.3 Å². The Hall–Kier alpha value is -1.19. The lowest BCUT2D eigenvalue weighted by Crippen LogP contribution is -2.56. The molecule has 0 amide bonds. The van der Waals surface area contributed by atoms with E-state index in [4.69, 9.17) is 4.74 Å². The molecule has 0 heterocycles. The molecule has 2 aliphatic rings. The Labute approximate surface area is 126 Å². The molecule has 4 nitrogen and oxygen atoms in total. The van der Waals surface area contributed by atoms with E-state index in [0.717, 1.165) is 32.1 Å². The first kappa shape index (κ1) is 16.2. The largest absolute Gasteiger partial charge is 0.469 e. The highest BCUT2D eigenvalue weighted by Crippen LogP contribution is 2.61. The van der Waals surface area contributed by atoms with Crippen molar-refractivity contribution in [3.05, 3.63) is 0 Å². The maximum Gasteiger partial charge on any atom is 0.308 e. The van der Waals surface area contributed by atoms with E-state index in [9.17, 15) is 14.4 Å². The van der Waals surface area contributed by atoms with Gasteiger partial charge in [0.1, 0.15) is 11.6 Å². The second kappa shape index (κ2) is 5.90. The molecule has 1 spiro atoms. The lowest BCUT2D eigenvalue weighted by Gasteiger charge is -2.52. The summed E-state index contributed by atoms with van der Waals surface area (Å²) in [6.07, 6.45) is 5.56.